The van der Waals surface area contributed by atoms with E-state index in [9.17, 15) is 8.42 Å². The van der Waals surface area contributed by atoms with Gasteiger partial charge in [0, 0.05) is 19.2 Å². The lowest BCUT2D eigenvalue weighted by Crippen LogP contribution is -2.30. The molecule has 6 rings (SSSR count). The van der Waals surface area contributed by atoms with Crippen molar-refractivity contribution in [3.63, 3.8) is 0 Å². The monoisotopic (exact) mass is 654 g/mol. The Bertz CT molecular complexity index is 1900. The average Bonchev–Trinajstić information content (AvgIpc) is 3.61. The smallest absolute Gasteiger partial charge is 0.379 e. The van der Waals surface area contributed by atoms with Gasteiger partial charge < -0.3 is 14.1 Å². The maximum Gasteiger partial charge on any atom is 0.379 e. The average molecular weight is 655 g/mol. The summed E-state index contributed by atoms with van der Waals surface area (Å²) in [6.07, 6.45) is 5.58. The topological polar surface area (TPSA) is 84.9 Å². The summed E-state index contributed by atoms with van der Waals surface area (Å²) in [6, 6.07) is 32.7. The van der Waals surface area contributed by atoms with Crippen LogP contribution < -0.4 is 19.7 Å². The second-order valence-electron chi connectivity index (χ2n) is 11.4. The number of fused-ring (bicyclic) bond motifs is 2. The molecule has 9 heteroatoms. The molecule has 0 spiro atoms. The van der Waals surface area contributed by atoms with Crippen molar-refractivity contribution in [2.45, 2.75) is 46.5 Å². The minimum atomic E-state index is -3.64. The molecule has 47 heavy (non-hydrogen) atoms. The van der Waals surface area contributed by atoms with Crippen molar-refractivity contribution in [1.82, 2.24) is 5.48 Å². The van der Waals surface area contributed by atoms with Gasteiger partial charge in [-0.3, -0.25) is 0 Å². The van der Waals surface area contributed by atoms with Gasteiger partial charge in [-0.1, -0.05) is 106 Å². The van der Waals surface area contributed by atoms with Crippen molar-refractivity contribution >= 4 is 33.0 Å². The van der Waals surface area contributed by atoms with Crippen LogP contribution >= 0.6 is 0 Å². The van der Waals surface area contributed by atoms with E-state index in [0.29, 0.717) is 37.7 Å². The molecule has 4 aromatic carbocycles. The predicted molar refractivity (Wildman–Crippen MR) is 189 cm³/mol. The summed E-state index contributed by atoms with van der Waals surface area (Å²) in [6.45, 7) is 7.10. The number of hydrogen-bond acceptors (Lipinski definition) is 7. The van der Waals surface area contributed by atoms with E-state index in [-0.39, 0.29) is 5.75 Å². The van der Waals surface area contributed by atoms with Crippen LogP contribution in [0.5, 0.6) is 5.75 Å². The molecule has 0 saturated carbocycles. The van der Waals surface area contributed by atoms with Crippen LogP contribution in [0.1, 0.15) is 52.3 Å². The quantitative estimate of drug-likeness (QED) is 0.0824. The van der Waals surface area contributed by atoms with E-state index in [0.717, 1.165) is 44.8 Å². The number of benzene rings is 4. The molecular weight excluding hydrogens is 611 g/mol. The van der Waals surface area contributed by atoms with Crippen LogP contribution in [0.15, 0.2) is 107 Å². The molecule has 0 saturated heterocycles. The van der Waals surface area contributed by atoms with Gasteiger partial charge in [-0.25, -0.2) is 0 Å². The zero-order valence-corrected chi connectivity index (χ0v) is 28.4. The van der Waals surface area contributed by atoms with Crippen LogP contribution in [-0.4, -0.2) is 27.3 Å². The number of ether oxygens (including phenoxy) is 1. The molecule has 0 atom stereocenters. The molecule has 2 heterocycles. The third-order valence-corrected chi connectivity index (χ3v) is 9.07. The summed E-state index contributed by atoms with van der Waals surface area (Å²) in [5.74, 6) is 1.91. The van der Waals surface area contributed by atoms with E-state index >= 15 is 0 Å². The fourth-order valence-electron chi connectivity index (χ4n) is 5.20. The Hall–Kier alpha value is -4.44. The van der Waals surface area contributed by atoms with E-state index in [4.69, 9.17) is 13.4 Å². The van der Waals surface area contributed by atoms with Gasteiger partial charge in [0.2, 0.25) is 11.5 Å². The SMILES string of the molecule is CCCC.CCNOS(=O)(=O)CCCCN1C(=Cc2oc3ccc(-c4ccccc4)cc3[n+]2C)Oc2ccc(-c3ccccc3)cc21. The number of rotatable bonds is 12. The van der Waals surface area contributed by atoms with Gasteiger partial charge in [-0.2, -0.15) is 22.7 Å². The van der Waals surface area contributed by atoms with Crippen LogP contribution in [-0.2, 0) is 21.4 Å². The molecule has 246 valence electrons. The third-order valence-electron chi connectivity index (χ3n) is 7.91. The first-order chi connectivity index (χ1) is 22.8. The van der Waals surface area contributed by atoms with Crippen LogP contribution in [0.4, 0.5) is 5.69 Å². The lowest BCUT2D eigenvalue weighted by atomic mass is 10.0. The second kappa shape index (κ2) is 15.9. The second-order valence-corrected chi connectivity index (χ2v) is 13.1. The van der Waals surface area contributed by atoms with Gasteiger partial charge in [0.15, 0.2) is 5.75 Å². The first-order valence-electron chi connectivity index (χ1n) is 16.3. The Labute approximate surface area is 278 Å². The van der Waals surface area contributed by atoms with Crippen molar-refractivity contribution < 1.29 is 26.4 Å². The van der Waals surface area contributed by atoms with E-state index < -0.39 is 10.1 Å². The molecular formula is C38H44N3O5S+. The number of anilines is 1. The number of unbranched alkanes of at least 4 members (excludes halogenated alkanes) is 2. The molecule has 0 amide bonds. The Kier molecular flexibility index (Phi) is 11.5. The summed E-state index contributed by atoms with van der Waals surface area (Å²) in [5.41, 5.74) is 9.50. The number of aryl methyl sites for hydroxylation is 1. The molecule has 8 nitrogen and oxygen atoms in total. The van der Waals surface area contributed by atoms with Crippen molar-refractivity contribution in [3.05, 3.63) is 109 Å². The Morgan fingerprint density at radius 1 is 0.809 bits per heavy atom. The zero-order valence-electron chi connectivity index (χ0n) is 27.6. The highest BCUT2D eigenvalue weighted by atomic mass is 32.2. The summed E-state index contributed by atoms with van der Waals surface area (Å²) >= 11 is 0. The first-order valence-corrected chi connectivity index (χ1v) is 17.9. The van der Waals surface area contributed by atoms with Gasteiger partial charge in [-0.15, -0.1) is 0 Å². The summed E-state index contributed by atoms with van der Waals surface area (Å²) in [4.78, 5) is 2.09. The summed E-state index contributed by atoms with van der Waals surface area (Å²) < 4.78 is 43.8. The Morgan fingerprint density at radius 2 is 1.45 bits per heavy atom. The summed E-state index contributed by atoms with van der Waals surface area (Å²) in [7, 11) is -1.67. The highest BCUT2D eigenvalue weighted by Gasteiger charge is 2.30. The van der Waals surface area contributed by atoms with Gasteiger partial charge in [0.1, 0.15) is 13.1 Å². The Morgan fingerprint density at radius 3 is 2.09 bits per heavy atom. The minimum absolute atomic E-state index is 0.0765. The fourth-order valence-corrected chi connectivity index (χ4v) is 6.13. The number of hydrogen-bond donors (Lipinski definition) is 1. The molecule has 5 aromatic rings. The number of nitrogens with one attached hydrogen (secondary N) is 1. The largest absolute Gasteiger partial charge is 0.438 e. The maximum absolute atomic E-state index is 12.2. The van der Waals surface area contributed by atoms with E-state index in [2.05, 4.69) is 66.7 Å². The van der Waals surface area contributed by atoms with Crippen LogP contribution in [0.25, 0.3) is 39.4 Å². The number of nitrogens with zero attached hydrogens (tertiary/aromatic N) is 2. The standard InChI is InChI=1S/C34H34N3O5S.C4H10/c1-3-35-42-43(38,39)21-11-10-20-37-30-23-28(26-14-8-5-9-15-26)17-19-32(30)41-34(37)24-33-36(2)29-22-27(16-18-31(29)40-33)25-12-6-4-7-13-25;1-3-4-2/h4-9,12-19,22-24,35H,3,10-11,20-21H2,1-2H3;3-4H2,1-2H3/q+1;. The Balaban J connectivity index is 0.00000103. The summed E-state index contributed by atoms with van der Waals surface area (Å²) in [5, 5.41) is 0. The van der Waals surface area contributed by atoms with E-state index in [1.807, 2.05) is 72.3 Å². The van der Waals surface area contributed by atoms with Crippen LogP contribution in [0, 0.1) is 0 Å². The van der Waals surface area contributed by atoms with Crippen LogP contribution in [0.3, 0.4) is 0 Å². The highest BCUT2D eigenvalue weighted by molar-refractivity contribution is 7.86. The van der Waals surface area contributed by atoms with Crippen LogP contribution in [0.2, 0.25) is 0 Å². The molecule has 1 aliphatic rings. The van der Waals surface area contributed by atoms with Gasteiger partial charge in [0.25, 0.3) is 15.6 Å². The van der Waals surface area contributed by atoms with Gasteiger partial charge >= 0.3 is 5.89 Å². The van der Waals surface area contributed by atoms with Crippen molar-refractivity contribution in [2.24, 2.45) is 7.05 Å². The predicted octanol–water partition coefficient (Wildman–Crippen LogP) is 8.25. The minimum Gasteiger partial charge on any atom is -0.438 e. The molecule has 1 N–H and O–H groups in total. The van der Waals surface area contributed by atoms with E-state index in [1.54, 1.807) is 6.92 Å². The molecule has 0 fully saturated rings. The van der Waals surface area contributed by atoms with Crippen molar-refractivity contribution in [3.8, 4) is 28.0 Å². The number of hydroxylamine groups is 1. The lowest BCUT2D eigenvalue weighted by molar-refractivity contribution is -0.652. The number of oxazole rings is 1. The molecule has 0 radical (unpaired) electrons. The molecule has 0 unspecified atom stereocenters. The molecule has 1 aromatic heterocycles. The lowest BCUT2D eigenvalue weighted by Gasteiger charge is -2.18. The fraction of sp³-hybridized carbons (Fsp3) is 0.289. The van der Waals surface area contributed by atoms with E-state index in [1.165, 1.54) is 12.8 Å². The first kappa shape index (κ1) is 33.9. The van der Waals surface area contributed by atoms with Crippen molar-refractivity contribution in [2.75, 3.05) is 23.7 Å². The highest BCUT2D eigenvalue weighted by Crippen LogP contribution is 2.42. The van der Waals surface area contributed by atoms with Gasteiger partial charge in [-0.05, 0) is 53.3 Å². The molecule has 1 aliphatic heterocycles. The normalized spacial score (nSPS) is 13.4. The van der Waals surface area contributed by atoms with Gasteiger partial charge in [0.05, 0.1) is 11.4 Å². The molecule has 0 bridgehead atoms. The third kappa shape index (κ3) is 8.48. The number of aromatic nitrogens is 1. The van der Waals surface area contributed by atoms with Crippen molar-refractivity contribution in [1.29, 1.82) is 0 Å². The molecule has 0 aliphatic carbocycles. The zero-order chi connectivity index (χ0) is 33.2. The maximum atomic E-state index is 12.2.